The zero-order valence-corrected chi connectivity index (χ0v) is 14.0. The van der Waals surface area contributed by atoms with E-state index in [4.69, 9.17) is 0 Å². The zero-order chi connectivity index (χ0) is 12.3. The van der Waals surface area contributed by atoms with Gasteiger partial charge >= 0.3 is 0 Å². The molecule has 0 aliphatic rings. The van der Waals surface area contributed by atoms with Gasteiger partial charge in [0.2, 0.25) is 5.69 Å². The van der Waals surface area contributed by atoms with Crippen molar-refractivity contribution >= 4 is 11.9 Å². The fourth-order valence-corrected chi connectivity index (χ4v) is 2.68. The standard InChI is InChI=1S/C13H25N3S.BrH/c1-3-4-5-6-7-8-9-10-11-17-16-12-13(2)14-15-16;/h12H,3-11H2,1-2H3;1H. The van der Waals surface area contributed by atoms with Crippen molar-refractivity contribution in [3.63, 3.8) is 0 Å². The van der Waals surface area contributed by atoms with Gasteiger partial charge in [0.1, 0.15) is 0 Å². The Bertz CT molecular complexity index is 292. The lowest BCUT2D eigenvalue weighted by molar-refractivity contribution is -0.564. The van der Waals surface area contributed by atoms with Crippen LogP contribution in [0.4, 0.5) is 0 Å². The summed E-state index contributed by atoms with van der Waals surface area (Å²) < 4.78 is 2.00. The molecule has 0 aliphatic heterocycles. The topological polar surface area (TPSA) is 32.6 Å². The Morgan fingerprint density at radius 3 is 2.28 bits per heavy atom. The molecule has 0 spiro atoms. The second-order valence-corrected chi connectivity index (χ2v) is 5.68. The molecule has 0 bridgehead atoms. The van der Waals surface area contributed by atoms with Gasteiger partial charge in [-0.1, -0.05) is 56.0 Å². The molecule has 0 aliphatic carbocycles. The molecule has 0 aromatic carbocycles. The maximum absolute atomic E-state index is 4.09. The zero-order valence-electron chi connectivity index (χ0n) is 11.6. The number of aromatic nitrogens is 3. The summed E-state index contributed by atoms with van der Waals surface area (Å²) in [7, 11) is 0. The van der Waals surface area contributed by atoms with Crippen LogP contribution in [-0.4, -0.2) is 16.1 Å². The third kappa shape index (κ3) is 8.97. The molecule has 1 aromatic rings. The van der Waals surface area contributed by atoms with Crippen molar-refractivity contribution in [1.82, 2.24) is 10.3 Å². The van der Waals surface area contributed by atoms with Gasteiger partial charge in [-0.05, 0) is 11.6 Å². The maximum Gasteiger partial charge on any atom is 0.216 e. The molecule has 0 saturated carbocycles. The molecule has 1 heterocycles. The minimum Gasteiger partial charge on any atom is -1.00 e. The van der Waals surface area contributed by atoms with Gasteiger partial charge in [0.15, 0.2) is 6.20 Å². The summed E-state index contributed by atoms with van der Waals surface area (Å²) >= 11 is 1.81. The highest BCUT2D eigenvalue weighted by Crippen LogP contribution is 2.09. The molecule has 1 aromatic heterocycles. The highest BCUT2D eigenvalue weighted by atomic mass is 79.9. The Morgan fingerprint density at radius 2 is 1.72 bits per heavy atom. The number of hydrogen-bond donors (Lipinski definition) is 1. The normalized spacial score (nSPS) is 10.3. The van der Waals surface area contributed by atoms with E-state index in [0.717, 1.165) is 5.69 Å². The smallest absolute Gasteiger partial charge is 0.216 e. The lowest BCUT2D eigenvalue weighted by atomic mass is 10.1. The predicted molar refractivity (Wildman–Crippen MR) is 74.0 cm³/mol. The number of aromatic amines is 1. The van der Waals surface area contributed by atoms with Crippen molar-refractivity contribution in [2.45, 2.75) is 65.2 Å². The van der Waals surface area contributed by atoms with Gasteiger partial charge in [-0.15, -0.1) is 0 Å². The summed E-state index contributed by atoms with van der Waals surface area (Å²) in [5, 5.41) is 7.05. The van der Waals surface area contributed by atoms with E-state index < -0.39 is 0 Å². The van der Waals surface area contributed by atoms with Crippen LogP contribution in [0.5, 0.6) is 0 Å². The Hall–Kier alpha value is -0.0300. The van der Waals surface area contributed by atoms with Crippen LogP contribution in [0.1, 0.15) is 64.0 Å². The Labute approximate surface area is 126 Å². The molecular formula is C13H26BrN3S. The van der Waals surface area contributed by atoms with Crippen molar-refractivity contribution in [2.24, 2.45) is 0 Å². The molecule has 0 radical (unpaired) electrons. The molecule has 5 heteroatoms. The predicted octanol–water partition coefficient (Wildman–Crippen LogP) is 0.647. The van der Waals surface area contributed by atoms with E-state index in [1.165, 1.54) is 57.1 Å². The monoisotopic (exact) mass is 335 g/mol. The van der Waals surface area contributed by atoms with Gasteiger partial charge in [0.25, 0.3) is 0 Å². The first kappa shape index (κ1) is 18.0. The fourth-order valence-electron chi connectivity index (χ4n) is 1.82. The minimum absolute atomic E-state index is 0. The number of rotatable bonds is 10. The SMILES string of the molecule is CCCCCCCCCCS[n+]1cc(C)n[nH]1.[Br-]. The van der Waals surface area contributed by atoms with E-state index in [1.807, 2.05) is 29.2 Å². The Morgan fingerprint density at radius 1 is 1.11 bits per heavy atom. The van der Waals surface area contributed by atoms with E-state index >= 15 is 0 Å². The average Bonchev–Trinajstić information content (AvgIpc) is 2.73. The maximum atomic E-state index is 4.09. The van der Waals surface area contributed by atoms with Crippen LogP contribution < -0.4 is 21.1 Å². The van der Waals surface area contributed by atoms with Gasteiger partial charge in [-0.2, -0.15) is 0 Å². The first-order valence-corrected chi connectivity index (χ1v) is 7.84. The van der Waals surface area contributed by atoms with Crippen molar-refractivity contribution in [3.8, 4) is 0 Å². The van der Waals surface area contributed by atoms with Crippen molar-refractivity contribution < 1.29 is 21.1 Å². The number of halogens is 1. The Kier molecular flexibility index (Phi) is 12.0. The van der Waals surface area contributed by atoms with Gasteiger partial charge in [0, 0.05) is 17.8 Å². The van der Waals surface area contributed by atoms with Crippen LogP contribution in [0, 0.1) is 6.92 Å². The van der Waals surface area contributed by atoms with Crippen molar-refractivity contribution in [1.29, 1.82) is 0 Å². The summed E-state index contributed by atoms with van der Waals surface area (Å²) in [5.41, 5.74) is 1.05. The summed E-state index contributed by atoms with van der Waals surface area (Å²) in [6.07, 6.45) is 13.1. The molecule has 106 valence electrons. The third-order valence-electron chi connectivity index (χ3n) is 2.86. The van der Waals surface area contributed by atoms with Crippen molar-refractivity contribution in [3.05, 3.63) is 11.9 Å². The van der Waals surface area contributed by atoms with Gasteiger partial charge in [-0.3, -0.25) is 0 Å². The summed E-state index contributed by atoms with van der Waals surface area (Å²) in [4.78, 5) is 0. The minimum atomic E-state index is 0. The number of H-pyrrole nitrogens is 1. The number of aryl methyl sites for hydroxylation is 1. The lowest BCUT2D eigenvalue weighted by Crippen LogP contribution is -3.00. The summed E-state index contributed by atoms with van der Waals surface area (Å²) in [6.45, 7) is 4.27. The van der Waals surface area contributed by atoms with E-state index in [-0.39, 0.29) is 17.0 Å². The highest BCUT2D eigenvalue weighted by molar-refractivity contribution is 7.92. The number of nitrogens with zero attached hydrogens (tertiary/aromatic N) is 2. The Balaban J connectivity index is 0.00000289. The lowest BCUT2D eigenvalue weighted by Gasteiger charge is -1.99. The van der Waals surface area contributed by atoms with Gasteiger partial charge in [0.05, 0.1) is 11.9 Å². The number of hydrogen-bond acceptors (Lipinski definition) is 2. The molecule has 1 N–H and O–H groups in total. The average molecular weight is 336 g/mol. The fraction of sp³-hybridized carbons (Fsp3) is 0.846. The van der Waals surface area contributed by atoms with Gasteiger partial charge in [-0.25, -0.2) is 0 Å². The van der Waals surface area contributed by atoms with Crippen molar-refractivity contribution in [2.75, 3.05) is 5.75 Å². The molecule has 0 amide bonds. The summed E-state index contributed by atoms with van der Waals surface area (Å²) in [6, 6.07) is 0. The van der Waals surface area contributed by atoms with Crippen LogP contribution in [-0.2, 0) is 0 Å². The van der Waals surface area contributed by atoms with E-state index in [2.05, 4.69) is 17.2 Å². The number of nitrogens with one attached hydrogen (secondary N) is 1. The van der Waals surface area contributed by atoms with Crippen LogP contribution in [0.25, 0.3) is 0 Å². The molecule has 1 rings (SSSR count). The van der Waals surface area contributed by atoms with Crippen LogP contribution in [0.3, 0.4) is 0 Å². The molecular weight excluding hydrogens is 310 g/mol. The van der Waals surface area contributed by atoms with Gasteiger partial charge < -0.3 is 17.0 Å². The van der Waals surface area contributed by atoms with Crippen LogP contribution >= 0.6 is 11.9 Å². The quantitative estimate of drug-likeness (QED) is 0.503. The second-order valence-electron chi connectivity index (χ2n) is 4.62. The largest absolute Gasteiger partial charge is 1.00 e. The second kappa shape index (κ2) is 12.0. The number of unbranched alkanes of at least 4 members (excludes halogenated alkanes) is 7. The third-order valence-corrected chi connectivity index (χ3v) is 3.79. The van der Waals surface area contributed by atoms with E-state index in [1.54, 1.807) is 0 Å². The summed E-state index contributed by atoms with van der Waals surface area (Å²) in [5.74, 6) is 1.18. The van der Waals surface area contributed by atoms with Crippen LogP contribution in [0.15, 0.2) is 6.20 Å². The van der Waals surface area contributed by atoms with E-state index in [9.17, 15) is 0 Å². The molecule has 0 fully saturated rings. The molecule has 0 atom stereocenters. The van der Waals surface area contributed by atoms with E-state index in [0.29, 0.717) is 0 Å². The molecule has 18 heavy (non-hydrogen) atoms. The highest BCUT2D eigenvalue weighted by Gasteiger charge is 2.03. The first-order chi connectivity index (χ1) is 8.33. The first-order valence-electron chi connectivity index (χ1n) is 6.90. The molecule has 0 saturated heterocycles. The molecule has 0 unspecified atom stereocenters. The van der Waals surface area contributed by atoms with Crippen LogP contribution in [0.2, 0.25) is 0 Å². The molecule has 3 nitrogen and oxygen atoms in total.